The van der Waals surface area contributed by atoms with Gasteiger partial charge in [0.25, 0.3) is 0 Å². The van der Waals surface area contributed by atoms with Crippen LogP contribution in [0.2, 0.25) is 4.73 Å². The molecule has 0 amide bonds. The quantitative estimate of drug-likeness (QED) is 0.353. The van der Waals surface area contributed by atoms with Gasteiger partial charge in [-0.25, -0.2) is 0 Å². The van der Waals surface area contributed by atoms with Crippen molar-refractivity contribution in [2.75, 3.05) is 19.8 Å². The summed E-state index contributed by atoms with van der Waals surface area (Å²) in [6.45, 7) is 10.8. The first-order chi connectivity index (χ1) is 10.1. The van der Waals surface area contributed by atoms with E-state index < -0.39 is 17.8 Å². The molecule has 0 heterocycles. The van der Waals surface area contributed by atoms with Crippen LogP contribution in [0.25, 0.3) is 0 Å². The molecule has 1 atom stereocenters. The SMILES string of the molecule is CCCC[O][Ti]([CH2]CC(C)N)([O]CCCC)[O]CCCC. The molecule has 0 rings (SSSR count). The second-order valence-electron chi connectivity index (χ2n) is 5.81. The molecule has 2 N–H and O–H groups in total. The van der Waals surface area contributed by atoms with Gasteiger partial charge in [0, 0.05) is 0 Å². The third-order valence-corrected chi connectivity index (χ3v) is 7.79. The fourth-order valence-corrected chi connectivity index (χ4v) is 6.32. The topological polar surface area (TPSA) is 53.7 Å². The van der Waals surface area contributed by atoms with Crippen molar-refractivity contribution in [3.63, 3.8) is 0 Å². The van der Waals surface area contributed by atoms with Crippen molar-refractivity contribution in [1.82, 2.24) is 0 Å². The Bertz CT molecular complexity index is 201. The van der Waals surface area contributed by atoms with Gasteiger partial charge < -0.3 is 0 Å². The van der Waals surface area contributed by atoms with Crippen molar-refractivity contribution >= 4 is 0 Å². The predicted octanol–water partition coefficient (Wildman–Crippen LogP) is 4.49. The molecule has 0 aliphatic heterocycles. The first kappa shape index (κ1) is 21.6. The Morgan fingerprint density at radius 1 is 0.810 bits per heavy atom. The Labute approximate surface area is 136 Å². The van der Waals surface area contributed by atoms with Crippen LogP contribution < -0.4 is 5.73 Å². The van der Waals surface area contributed by atoms with Gasteiger partial charge in [-0.1, -0.05) is 0 Å². The summed E-state index contributed by atoms with van der Waals surface area (Å²) < 4.78 is 19.5. The van der Waals surface area contributed by atoms with Gasteiger partial charge in [0.2, 0.25) is 0 Å². The molecule has 21 heavy (non-hydrogen) atoms. The fraction of sp³-hybridized carbons (Fsp3) is 1.00. The van der Waals surface area contributed by atoms with Crippen LogP contribution in [0, 0.1) is 0 Å². The number of rotatable bonds is 15. The molecule has 0 aromatic heterocycles. The molecule has 0 fully saturated rings. The first-order valence-corrected chi connectivity index (χ1v) is 11.8. The summed E-state index contributed by atoms with van der Waals surface area (Å²) in [6, 6.07) is 0.175. The van der Waals surface area contributed by atoms with Crippen LogP contribution >= 0.6 is 0 Å². The summed E-state index contributed by atoms with van der Waals surface area (Å²) in [7, 11) is 0. The minimum absolute atomic E-state index is 0.175. The van der Waals surface area contributed by atoms with Crippen LogP contribution in [0.1, 0.15) is 72.6 Å². The van der Waals surface area contributed by atoms with Crippen LogP contribution in [-0.4, -0.2) is 25.9 Å². The maximum absolute atomic E-state index is 6.20. The molecule has 0 radical (unpaired) electrons. The maximum atomic E-state index is 6.20. The minimum atomic E-state index is -3.13. The van der Waals surface area contributed by atoms with E-state index in [1.54, 1.807) is 0 Å². The van der Waals surface area contributed by atoms with Gasteiger partial charge in [0.15, 0.2) is 0 Å². The zero-order valence-corrected chi connectivity index (χ0v) is 16.2. The van der Waals surface area contributed by atoms with Crippen LogP contribution in [0.5, 0.6) is 0 Å². The molecule has 0 saturated carbocycles. The molecule has 0 aliphatic carbocycles. The second kappa shape index (κ2) is 14.2. The van der Waals surface area contributed by atoms with Crippen molar-refractivity contribution in [2.45, 2.75) is 83.4 Å². The first-order valence-electron chi connectivity index (χ1n) is 8.77. The average Bonchev–Trinajstić information content (AvgIpc) is 2.46. The van der Waals surface area contributed by atoms with Crippen LogP contribution in [0.4, 0.5) is 0 Å². The summed E-state index contributed by atoms with van der Waals surface area (Å²) in [6.07, 6.45) is 7.53. The Morgan fingerprint density at radius 3 is 1.48 bits per heavy atom. The van der Waals surface area contributed by atoms with Crippen molar-refractivity contribution in [3.05, 3.63) is 0 Å². The standard InChI is InChI=1S/C4H10N.3C4H9O.Ti/c1-3-4(2)5;3*1-2-3-4-5;/h4H,1,3,5H2,2H3;3*2-4H2,1H3;/q;3*-1;+3. The molecular formula is C16H37NO3Ti. The Balaban J connectivity index is 4.60. The van der Waals surface area contributed by atoms with Crippen molar-refractivity contribution < 1.29 is 27.7 Å². The van der Waals surface area contributed by atoms with E-state index in [9.17, 15) is 0 Å². The Kier molecular flexibility index (Phi) is 14.5. The van der Waals surface area contributed by atoms with Crippen LogP contribution in [0.15, 0.2) is 0 Å². The van der Waals surface area contributed by atoms with Gasteiger partial charge in [0.05, 0.1) is 0 Å². The summed E-state index contributed by atoms with van der Waals surface area (Å²) >= 11 is -3.13. The number of hydrogen-bond donors (Lipinski definition) is 1. The van der Waals surface area contributed by atoms with E-state index in [0.717, 1.165) is 69.5 Å². The number of nitrogens with two attached hydrogens (primary N) is 1. The summed E-state index contributed by atoms with van der Waals surface area (Å²) in [5, 5.41) is 0. The third kappa shape index (κ3) is 11.7. The van der Waals surface area contributed by atoms with Gasteiger partial charge in [-0.15, -0.1) is 0 Å². The third-order valence-electron chi connectivity index (χ3n) is 3.37. The van der Waals surface area contributed by atoms with E-state index in [0.29, 0.717) is 0 Å². The molecule has 0 saturated heterocycles. The van der Waals surface area contributed by atoms with E-state index >= 15 is 0 Å². The molecule has 0 aromatic rings. The van der Waals surface area contributed by atoms with Crippen LogP contribution in [-0.2, 0) is 27.7 Å². The van der Waals surface area contributed by atoms with E-state index in [2.05, 4.69) is 20.8 Å². The van der Waals surface area contributed by atoms with E-state index in [1.807, 2.05) is 6.92 Å². The fourth-order valence-electron chi connectivity index (χ4n) is 1.86. The van der Waals surface area contributed by atoms with Gasteiger partial charge in [0.1, 0.15) is 0 Å². The Morgan fingerprint density at radius 2 is 1.19 bits per heavy atom. The van der Waals surface area contributed by atoms with Gasteiger partial charge in [-0.3, -0.25) is 0 Å². The molecule has 0 aliphatic rings. The number of hydrogen-bond acceptors (Lipinski definition) is 4. The van der Waals surface area contributed by atoms with Crippen molar-refractivity contribution in [3.8, 4) is 0 Å². The normalized spacial score (nSPS) is 13.6. The number of unbranched alkanes of at least 4 members (excludes halogenated alkanes) is 3. The second-order valence-corrected chi connectivity index (χ2v) is 10.1. The molecule has 0 aromatic carbocycles. The molecule has 5 heteroatoms. The van der Waals surface area contributed by atoms with E-state index in [1.165, 1.54) is 0 Å². The van der Waals surface area contributed by atoms with Gasteiger partial charge in [-0.2, -0.15) is 0 Å². The van der Waals surface area contributed by atoms with Crippen molar-refractivity contribution in [1.29, 1.82) is 0 Å². The molecule has 1 unspecified atom stereocenters. The van der Waals surface area contributed by atoms with E-state index in [4.69, 9.17) is 15.7 Å². The van der Waals surface area contributed by atoms with Gasteiger partial charge in [-0.05, 0) is 0 Å². The van der Waals surface area contributed by atoms with E-state index in [-0.39, 0.29) is 6.04 Å². The molecule has 0 bridgehead atoms. The monoisotopic (exact) mass is 339 g/mol. The summed E-state index contributed by atoms with van der Waals surface area (Å²) in [5.74, 6) is 0. The molecular weight excluding hydrogens is 302 g/mol. The summed E-state index contributed by atoms with van der Waals surface area (Å²) in [5.41, 5.74) is 5.93. The van der Waals surface area contributed by atoms with Gasteiger partial charge >= 0.3 is 137 Å². The average molecular weight is 339 g/mol. The molecule has 0 spiro atoms. The zero-order valence-electron chi connectivity index (χ0n) is 14.7. The summed E-state index contributed by atoms with van der Waals surface area (Å²) in [4.78, 5) is 0. The predicted molar refractivity (Wildman–Crippen MR) is 85.7 cm³/mol. The molecule has 128 valence electrons. The Hall–Kier alpha value is 0.554. The molecule has 4 nitrogen and oxygen atoms in total. The zero-order chi connectivity index (χ0) is 16.0. The van der Waals surface area contributed by atoms with Crippen LogP contribution in [0.3, 0.4) is 0 Å². The van der Waals surface area contributed by atoms with Crippen molar-refractivity contribution in [2.24, 2.45) is 5.73 Å².